The molecule has 8 heavy (non-hydrogen) atoms. The summed E-state index contributed by atoms with van der Waals surface area (Å²) in [5, 5.41) is 0. The van der Waals surface area contributed by atoms with Crippen molar-refractivity contribution in [3.63, 3.8) is 0 Å². The third-order valence-corrected chi connectivity index (χ3v) is 0. The fourth-order valence-corrected chi connectivity index (χ4v) is 0. The predicted molar refractivity (Wildman–Crippen MR) is 5.75 cm³/mol. The summed E-state index contributed by atoms with van der Waals surface area (Å²) in [6.07, 6.45) is 0. The van der Waals surface area contributed by atoms with Crippen LogP contribution in [0.1, 0.15) is 0 Å². The first kappa shape index (κ1) is 22.5. The van der Waals surface area contributed by atoms with Crippen molar-refractivity contribution < 1.29 is 84.7 Å². The first-order chi connectivity index (χ1) is 2.00. The van der Waals surface area contributed by atoms with Crippen LogP contribution in [0.25, 0.3) is 0 Å². The van der Waals surface area contributed by atoms with E-state index in [4.69, 9.17) is 19.2 Å². The molecule has 0 heterocycles. The molecule has 0 spiro atoms. The van der Waals surface area contributed by atoms with Crippen molar-refractivity contribution in [2.75, 3.05) is 0 Å². The molecule has 0 fully saturated rings. The number of hydrogen-bond acceptors (Lipinski definition) is 4. The monoisotopic (exact) mass is 178 g/mol. The van der Waals surface area contributed by atoms with E-state index in [9.17, 15) is 0 Å². The van der Waals surface area contributed by atoms with Gasteiger partial charge in [-0.1, -0.05) is 0 Å². The van der Waals surface area contributed by atoms with Crippen LogP contribution < -0.4 is 67.6 Å². The SMILES string of the molecule is [Fe+2].[Li+].[Na+].[O-][Si]([O-])([O-])[O-]. The normalized spacial score (nSPS) is 7.50. The van der Waals surface area contributed by atoms with Crippen molar-refractivity contribution in [3.05, 3.63) is 0 Å². The molecule has 0 aromatic heterocycles. The third-order valence-electron chi connectivity index (χ3n) is 0. The fraction of sp³-hybridized carbons (Fsp3) is 0. The van der Waals surface area contributed by atoms with E-state index in [0.717, 1.165) is 0 Å². The maximum atomic E-state index is 8.58. The maximum absolute atomic E-state index is 8.58. The van der Waals surface area contributed by atoms with Gasteiger partial charge in [-0.3, -0.25) is 0 Å². The average molecular weight is 178 g/mol. The second-order valence-electron chi connectivity index (χ2n) is 0.500. The zero-order valence-corrected chi connectivity index (χ0v) is 8.59. The third kappa shape index (κ3) is 89.0. The summed E-state index contributed by atoms with van der Waals surface area (Å²) in [6.45, 7) is 0. The molecule has 0 aliphatic heterocycles. The van der Waals surface area contributed by atoms with E-state index in [1.165, 1.54) is 0 Å². The second kappa shape index (κ2) is 9.17. The van der Waals surface area contributed by atoms with Crippen LogP contribution in [0.2, 0.25) is 0 Å². The van der Waals surface area contributed by atoms with Crippen LogP contribution in [-0.4, -0.2) is 9.05 Å². The first-order valence-corrected chi connectivity index (χ1v) is 2.45. The van der Waals surface area contributed by atoms with Crippen molar-refractivity contribution in [3.8, 4) is 0 Å². The van der Waals surface area contributed by atoms with Crippen molar-refractivity contribution >= 4 is 9.05 Å². The molecule has 0 amide bonds. The van der Waals surface area contributed by atoms with Gasteiger partial charge in [0.05, 0.1) is 0 Å². The van der Waals surface area contributed by atoms with Crippen molar-refractivity contribution in [1.82, 2.24) is 0 Å². The van der Waals surface area contributed by atoms with E-state index >= 15 is 0 Å². The Morgan fingerprint density at radius 2 is 0.875 bits per heavy atom. The second-order valence-corrected chi connectivity index (χ2v) is 1.50. The topological polar surface area (TPSA) is 92.2 Å². The van der Waals surface area contributed by atoms with Gasteiger partial charge in [-0.25, -0.2) is 0 Å². The predicted octanol–water partition coefficient (Wildman–Crippen LogP) is -11.1. The molecule has 0 aliphatic rings. The summed E-state index contributed by atoms with van der Waals surface area (Å²) in [6, 6.07) is 0. The van der Waals surface area contributed by atoms with E-state index in [1.54, 1.807) is 0 Å². The summed E-state index contributed by atoms with van der Waals surface area (Å²) in [5.74, 6) is 0. The minimum Gasteiger partial charge on any atom is -0.894 e. The molecule has 0 atom stereocenters. The Morgan fingerprint density at radius 3 is 0.875 bits per heavy atom. The molecular weight excluding hydrogens is 178 g/mol. The molecular formula is FeLiNaO4Si. The molecule has 0 saturated carbocycles. The molecule has 0 unspecified atom stereocenters. The zero-order chi connectivity index (χ0) is 4.50. The van der Waals surface area contributed by atoms with Gasteiger partial charge in [0.1, 0.15) is 0 Å². The summed E-state index contributed by atoms with van der Waals surface area (Å²) >= 11 is 0. The smallest absolute Gasteiger partial charge is 0.894 e. The van der Waals surface area contributed by atoms with Gasteiger partial charge in [-0.15, -0.1) is 0 Å². The van der Waals surface area contributed by atoms with Gasteiger partial charge >= 0.3 is 65.5 Å². The molecule has 0 bridgehead atoms. The molecule has 0 radical (unpaired) electrons. The molecule has 38 valence electrons. The van der Waals surface area contributed by atoms with Crippen LogP contribution in [0, 0.1) is 0 Å². The van der Waals surface area contributed by atoms with Crippen LogP contribution in [0.15, 0.2) is 0 Å². The Morgan fingerprint density at radius 1 is 0.875 bits per heavy atom. The van der Waals surface area contributed by atoms with E-state index < -0.39 is 9.05 Å². The van der Waals surface area contributed by atoms with Crippen LogP contribution in [0.3, 0.4) is 0 Å². The average Bonchev–Trinajstić information content (AvgIpc) is 0.722. The Balaban J connectivity index is -0.0000000267. The Hall–Kier alpha value is 2.17. The number of hydrogen-bond donors (Lipinski definition) is 0. The zero-order valence-electron chi connectivity index (χ0n) is 4.49. The van der Waals surface area contributed by atoms with E-state index in [0.29, 0.717) is 0 Å². The molecule has 0 aliphatic carbocycles. The quantitative estimate of drug-likeness (QED) is 0.344. The van der Waals surface area contributed by atoms with Gasteiger partial charge in [0.2, 0.25) is 0 Å². The molecule has 0 aromatic rings. The Bertz CT molecular complexity index is 31.5. The van der Waals surface area contributed by atoms with E-state index in [1.807, 2.05) is 0 Å². The van der Waals surface area contributed by atoms with Crippen molar-refractivity contribution in [2.45, 2.75) is 0 Å². The van der Waals surface area contributed by atoms with Gasteiger partial charge < -0.3 is 28.2 Å². The molecule has 0 N–H and O–H groups in total. The molecule has 0 rings (SSSR count). The summed E-state index contributed by atoms with van der Waals surface area (Å²) in [4.78, 5) is 34.3. The first-order valence-electron chi connectivity index (χ1n) is 0.816. The standard InChI is InChI=1S/Fe.Li.Na.O4Si/c;;;1-5(2,3)4/q+2;2*+1;-4. The number of rotatable bonds is 0. The minimum atomic E-state index is -5.61. The van der Waals surface area contributed by atoms with E-state index in [2.05, 4.69) is 0 Å². The van der Waals surface area contributed by atoms with Crippen LogP contribution in [0.4, 0.5) is 0 Å². The summed E-state index contributed by atoms with van der Waals surface area (Å²) in [5.41, 5.74) is 0. The largest absolute Gasteiger partial charge is 2.00 e. The van der Waals surface area contributed by atoms with Crippen LogP contribution in [0.5, 0.6) is 0 Å². The van der Waals surface area contributed by atoms with Crippen LogP contribution in [-0.2, 0) is 17.1 Å². The van der Waals surface area contributed by atoms with Gasteiger partial charge in [0.25, 0.3) is 0 Å². The molecule has 0 saturated heterocycles. The van der Waals surface area contributed by atoms with Gasteiger partial charge in [0.15, 0.2) is 0 Å². The fourth-order valence-electron chi connectivity index (χ4n) is 0. The van der Waals surface area contributed by atoms with Crippen molar-refractivity contribution in [1.29, 1.82) is 0 Å². The van der Waals surface area contributed by atoms with Crippen molar-refractivity contribution in [2.24, 2.45) is 0 Å². The van der Waals surface area contributed by atoms with Gasteiger partial charge in [-0.05, 0) is 0 Å². The molecule has 4 nitrogen and oxygen atoms in total. The molecule has 0 aromatic carbocycles. The van der Waals surface area contributed by atoms with Gasteiger partial charge in [0, 0.05) is 0 Å². The molecule has 8 heteroatoms. The van der Waals surface area contributed by atoms with Gasteiger partial charge in [-0.2, -0.15) is 0 Å². The minimum absolute atomic E-state index is 0. The summed E-state index contributed by atoms with van der Waals surface area (Å²) < 4.78 is 0. The maximum Gasteiger partial charge on any atom is 2.00 e. The van der Waals surface area contributed by atoms with E-state index in [-0.39, 0.29) is 65.5 Å². The Kier molecular flexibility index (Phi) is 25.8. The Labute approximate surface area is 92.7 Å². The van der Waals surface area contributed by atoms with Crippen LogP contribution >= 0.6 is 0 Å². The summed E-state index contributed by atoms with van der Waals surface area (Å²) in [7, 11) is -5.61.